The molecule has 0 aliphatic rings. The van der Waals surface area contributed by atoms with E-state index in [1.807, 2.05) is 0 Å². The summed E-state index contributed by atoms with van der Waals surface area (Å²) >= 11 is 5.62. The van der Waals surface area contributed by atoms with E-state index in [1.165, 1.54) is 12.1 Å². The first kappa shape index (κ1) is 11.9. The Morgan fingerprint density at radius 3 is 2.60 bits per heavy atom. The van der Waals surface area contributed by atoms with Gasteiger partial charge in [-0.1, -0.05) is 17.7 Å². The summed E-state index contributed by atoms with van der Waals surface area (Å²) < 4.78 is 13.2. The van der Waals surface area contributed by atoms with Gasteiger partial charge in [0.2, 0.25) is 0 Å². The molecular formula is C9H9ClFNO3. The summed E-state index contributed by atoms with van der Waals surface area (Å²) in [5, 5.41) is 18.0. The van der Waals surface area contributed by atoms with Crippen LogP contribution in [0.2, 0.25) is 5.02 Å². The number of benzene rings is 1. The highest BCUT2D eigenvalue weighted by atomic mass is 35.5. The Morgan fingerprint density at radius 2 is 2.13 bits per heavy atom. The minimum absolute atomic E-state index is 0.0563. The van der Waals surface area contributed by atoms with E-state index in [0.29, 0.717) is 0 Å². The highest BCUT2D eigenvalue weighted by molar-refractivity contribution is 6.31. The predicted molar refractivity (Wildman–Crippen MR) is 52.0 cm³/mol. The molecule has 0 aliphatic carbocycles. The number of aliphatic hydroxyl groups is 1. The molecule has 2 unspecified atom stereocenters. The van der Waals surface area contributed by atoms with Crippen molar-refractivity contribution in [3.8, 4) is 0 Å². The summed E-state index contributed by atoms with van der Waals surface area (Å²) in [5.74, 6) is -2.21. The number of carbonyl (C=O) groups is 1. The Bertz CT molecular complexity index is 365. The first-order valence-corrected chi connectivity index (χ1v) is 4.43. The van der Waals surface area contributed by atoms with Crippen molar-refractivity contribution >= 4 is 17.6 Å². The van der Waals surface area contributed by atoms with Crippen molar-refractivity contribution in [2.75, 3.05) is 0 Å². The van der Waals surface area contributed by atoms with Gasteiger partial charge in [0.1, 0.15) is 18.0 Å². The van der Waals surface area contributed by atoms with Gasteiger partial charge in [-0.2, -0.15) is 0 Å². The number of hydrogen-bond donors (Lipinski definition) is 3. The lowest BCUT2D eigenvalue weighted by Gasteiger charge is -2.16. The number of hydrogen-bond acceptors (Lipinski definition) is 3. The molecule has 1 aromatic rings. The third-order valence-electron chi connectivity index (χ3n) is 1.92. The normalized spacial score (nSPS) is 14.7. The highest BCUT2D eigenvalue weighted by Crippen LogP contribution is 2.27. The van der Waals surface area contributed by atoms with E-state index in [1.54, 1.807) is 0 Å². The molecule has 0 aliphatic heterocycles. The molecule has 0 radical (unpaired) electrons. The van der Waals surface area contributed by atoms with Gasteiger partial charge in [-0.05, 0) is 12.1 Å². The summed E-state index contributed by atoms with van der Waals surface area (Å²) in [7, 11) is 0. The molecule has 2 atom stereocenters. The van der Waals surface area contributed by atoms with Crippen LogP contribution in [0.1, 0.15) is 11.7 Å². The van der Waals surface area contributed by atoms with Crippen LogP contribution in [-0.2, 0) is 4.79 Å². The van der Waals surface area contributed by atoms with Crippen molar-refractivity contribution in [2.45, 2.75) is 12.1 Å². The van der Waals surface area contributed by atoms with Crippen molar-refractivity contribution in [3.05, 3.63) is 34.6 Å². The van der Waals surface area contributed by atoms with Gasteiger partial charge in [0.05, 0.1) is 0 Å². The second-order valence-electron chi connectivity index (χ2n) is 2.94. The number of aliphatic carboxylic acids is 1. The van der Waals surface area contributed by atoms with Crippen LogP contribution in [-0.4, -0.2) is 22.2 Å². The standard InChI is InChI=1S/C9H9ClFNO3/c10-4-2-1-3-5(11)6(4)8(13)7(12)9(14)15/h1-3,7-8,13H,12H2,(H,14,15). The third-order valence-corrected chi connectivity index (χ3v) is 2.25. The second-order valence-corrected chi connectivity index (χ2v) is 3.35. The number of rotatable bonds is 3. The number of halogens is 2. The highest BCUT2D eigenvalue weighted by Gasteiger charge is 2.27. The SMILES string of the molecule is NC(C(=O)O)C(O)c1c(F)cccc1Cl. The Balaban J connectivity index is 3.10. The van der Waals surface area contributed by atoms with E-state index in [4.69, 9.17) is 22.4 Å². The van der Waals surface area contributed by atoms with Gasteiger partial charge in [-0.3, -0.25) is 4.79 Å². The van der Waals surface area contributed by atoms with Crippen LogP contribution >= 0.6 is 11.6 Å². The molecule has 0 bridgehead atoms. The molecule has 0 saturated carbocycles. The Hall–Kier alpha value is -1.17. The number of aliphatic hydroxyl groups excluding tert-OH is 1. The Morgan fingerprint density at radius 1 is 1.53 bits per heavy atom. The van der Waals surface area contributed by atoms with E-state index < -0.39 is 23.9 Å². The lowest BCUT2D eigenvalue weighted by Crippen LogP contribution is -2.37. The van der Waals surface area contributed by atoms with Gasteiger partial charge >= 0.3 is 5.97 Å². The molecule has 4 nitrogen and oxygen atoms in total. The third kappa shape index (κ3) is 2.44. The van der Waals surface area contributed by atoms with Crippen LogP contribution in [0.3, 0.4) is 0 Å². The van der Waals surface area contributed by atoms with Gasteiger partial charge in [-0.25, -0.2) is 4.39 Å². The van der Waals surface area contributed by atoms with E-state index in [9.17, 15) is 14.3 Å². The minimum Gasteiger partial charge on any atom is -0.480 e. The zero-order valence-electron chi connectivity index (χ0n) is 7.52. The smallest absolute Gasteiger partial charge is 0.323 e. The lowest BCUT2D eigenvalue weighted by atomic mass is 10.0. The largest absolute Gasteiger partial charge is 0.480 e. The quantitative estimate of drug-likeness (QED) is 0.725. The molecule has 82 valence electrons. The van der Waals surface area contributed by atoms with Crippen molar-refractivity contribution < 1.29 is 19.4 Å². The van der Waals surface area contributed by atoms with Gasteiger partial charge < -0.3 is 15.9 Å². The monoisotopic (exact) mass is 233 g/mol. The van der Waals surface area contributed by atoms with E-state index >= 15 is 0 Å². The molecule has 0 spiro atoms. The molecule has 1 aromatic carbocycles. The molecule has 0 fully saturated rings. The van der Waals surface area contributed by atoms with Gasteiger partial charge in [-0.15, -0.1) is 0 Å². The van der Waals surface area contributed by atoms with E-state index in [2.05, 4.69) is 0 Å². The van der Waals surface area contributed by atoms with Gasteiger partial charge in [0, 0.05) is 10.6 Å². The zero-order valence-corrected chi connectivity index (χ0v) is 8.28. The molecule has 1 rings (SSSR count). The van der Waals surface area contributed by atoms with E-state index in [0.717, 1.165) is 6.07 Å². The van der Waals surface area contributed by atoms with E-state index in [-0.39, 0.29) is 10.6 Å². The summed E-state index contributed by atoms with van der Waals surface area (Å²) in [6.45, 7) is 0. The van der Waals surface area contributed by atoms with Crippen LogP contribution in [0.15, 0.2) is 18.2 Å². The molecule has 0 amide bonds. The molecule has 4 N–H and O–H groups in total. The molecule has 15 heavy (non-hydrogen) atoms. The number of carboxylic acid groups (broad SMARTS) is 1. The van der Waals surface area contributed by atoms with Crippen LogP contribution < -0.4 is 5.73 Å². The predicted octanol–water partition coefficient (Wildman–Crippen LogP) is 0.924. The number of nitrogens with two attached hydrogens (primary N) is 1. The fraction of sp³-hybridized carbons (Fsp3) is 0.222. The van der Waals surface area contributed by atoms with Gasteiger partial charge in [0.25, 0.3) is 0 Å². The molecule has 0 heterocycles. The first-order valence-electron chi connectivity index (χ1n) is 4.05. The maximum Gasteiger partial charge on any atom is 0.323 e. The summed E-state index contributed by atoms with van der Waals surface area (Å²) in [6, 6.07) is 2.15. The summed E-state index contributed by atoms with van der Waals surface area (Å²) in [6.07, 6.45) is -1.67. The van der Waals surface area contributed by atoms with Crippen LogP contribution in [0.5, 0.6) is 0 Å². The zero-order chi connectivity index (χ0) is 11.6. The summed E-state index contributed by atoms with van der Waals surface area (Å²) in [5.41, 5.74) is 4.86. The van der Waals surface area contributed by atoms with Crippen molar-refractivity contribution in [2.24, 2.45) is 5.73 Å². The molecular weight excluding hydrogens is 225 g/mol. The average molecular weight is 234 g/mol. The lowest BCUT2D eigenvalue weighted by molar-refractivity contribution is -0.141. The summed E-state index contributed by atoms with van der Waals surface area (Å²) in [4.78, 5) is 10.5. The van der Waals surface area contributed by atoms with Crippen LogP contribution in [0, 0.1) is 5.82 Å². The fourth-order valence-corrected chi connectivity index (χ4v) is 1.38. The molecule has 6 heteroatoms. The topological polar surface area (TPSA) is 83.6 Å². The molecule has 0 aromatic heterocycles. The van der Waals surface area contributed by atoms with Crippen molar-refractivity contribution in [3.63, 3.8) is 0 Å². The Kier molecular flexibility index (Phi) is 3.62. The maximum absolute atomic E-state index is 13.2. The maximum atomic E-state index is 13.2. The average Bonchev–Trinajstić information content (AvgIpc) is 2.15. The van der Waals surface area contributed by atoms with Crippen molar-refractivity contribution in [1.29, 1.82) is 0 Å². The van der Waals surface area contributed by atoms with Crippen LogP contribution in [0.25, 0.3) is 0 Å². The second kappa shape index (κ2) is 4.57. The van der Waals surface area contributed by atoms with Gasteiger partial charge in [0.15, 0.2) is 0 Å². The molecule has 0 saturated heterocycles. The fourth-order valence-electron chi connectivity index (χ4n) is 1.11. The number of carboxylic acids is 1. The first-order chi connectivity index (χ1) is 6.95. The van der Waals surface area contributed by atoms with Crippen molar-refractivity contribution in [1.82, 2.24) is 0 Å². The Labute approximate surface area is 90.1 Å². The minimum atomic E-state index is -1.67. The van der Waals surface area contributed by atoms with Crippen LogP contribution in [0.4, 0.5) is 4.39 Å².